The Labute approximate surface area is 128 Å². The topological polar surface area (TPSA) is 56.7 Å². The lowest BCUT2D eigenvalue weighted by Crippen LogP contribution is -1.87. The standard InChI is InChI=1S/C13H10BrClN4O/c1-19-7-10(14)12(18-19)13-17-16-11(20-13)6-8-2-4-9(15)5-3-8/h2-5,7H,6H2,1H3. The van der Waals surface area contributed by atoms with E-state index in [-0.39, 0.29) is 0 Å². The Kier molecular flexibility index (Phi) is 3.58. The molecule has 0 amide bonds. The van der Waals surface area contributed by atoms with Gasteiger partial charge in [0, 0.05) is 18.3 Å². The van der Waals surface area contributed by atoms with Crippen LogP contribution in [0, 0.1) is 0 Å². The molecule has 20 heavy (non-hydrogen) atoms. The van der Waals surface area contributed by atoms with Crippen molar-refractivity contribution in [2.75, 3.05) is 0 Å². The number of hydrogen-bond acceptors (Lipinski definition) is 4. The SMILES string of the molecule is Cn1cc(Br)c(-c2nnc(Cc3ccc(Cl)cc3)o2)n1. The number of aryl methyl sites for hydroxylation is 1. The van der Waals surface area contributed by atoms with Crippen LogP contribution < -0.4 is 0 Å². The first-order chi connectivity index (χ1) is 9.61. The lowest BCUT2D eigenvalue weighted by molar-refractivity contribution is 0.515. The first-order valence-corrected chi connectivity index (χ1v) is 7.05. The van der Waals surface area contributed by atoms with Gasteiger partial charge in [-0.1, -0.05) is 23.7 Å². The van der Waals surface area contributed by atoms with E-state index in [0.717, 1.165) is 10.0 Å². The van der Waals surface area contributed by atoms with Gasteiger partial charge in [-0.2, -0.15) is 5.10 Å². The molecule has 0 spiro atoms. The van der Waals surface area contributed by atoms with E-state index >= 15 is 0 Å². The predicted octanol–water partition coefficient (Wildman–Crippen LogP) is 3.48. The molecule has 0 saturated carbocycles. The highest BCUT2D eigenvalue weighted by atomic mass is 79.9. The highest BCUT2D eigenvalue weighted by Crippen LogP contribution is 2.25. The summed E-state index contributed by atoms with van der Waals surface area (Å²) in [7, 11) is 1.83. The second-order valence-electron chi connectivity index (χ2n) is 4.30. The predicted molar refractivity (Wildman–Crippen MR) is 78.5 cm³/mol. The molecule has 2 heterocycles. The molecule has 0 aliphatic heterocycles. The van der Waals surface area contributed by atoms with Crippen LogP contribution in [0.15, 0.2) is 39.4 Å². The van der Waals surface area contributed by atoms with Gasteiger partial charge in [0.15, 0.2) is 5.69 Å². The van der Waals surface area contributed by atoms with Crippen molar-refractivity contribution < 1.29 is 4.42 Å². The second kappa shape index (κ2) is 5.38. The Hall–Kier alpha value is -1.66. The molecule has 3 rings (SSSR count). The molecule has 0 radical (unpaired) electrons. The number of benzene rings is 1. The number of nitrogens with zero attached hydrogens (tertiary/aromatic N) is 4. The maximum Gasteiger partial charge on any atom is 0.269 e. The van der Waals surface area contributed by atoms with E-state index in [2.05, 4.69) is 31.2 Å². The third kappa shape index (κ3) is 2.76. The lowest BCUT2D eigenvalue weighted by Gasteiger charge is -1.96. The summed E-state index contributed by atoms with van der Waals surface area (Å²) in [6, 6.07) is 7.54. The van der Waals surface area contributed by atoms with Gasteiger partial charge in [0.2, 0.25) is 5.89 Å². The van der Waals surface area contributed by atoms with Gasteiger partial charge in [-0.25, -0.2) is 0 Å². The van der Waals surface area contributed by atoms with Crippen molar-refractivity contribution in [3.05, 3.63) is 51.4 Å². The molecule has 102 valence electrons. The zero-order valence-corrected chi connectivity index (χ0v) is 12.9. The molecular weight excluding hydrogens is 344 g/mol. The van der Waals surface area contributed by atoms with Crippen molar-refractivity contribution in [2.45, 2.75) is 6.42 Å². The second-order valence-corrected chi connectivity index (χ2v) is 5.59. The smallest absolute Gasteiger partial charge is 0.269 e. The molecule has 0 bridgehead atoms. The van der Waals surface area contributed by atoms with Crippen LogP contribution in [0.25, 0.3) is 11.6 Å². The molecule has 0 saturated heterocycles. The Morgan fingerprint density at radius 3 is 2.65 bits per heavy atom. The third-order valence-electron chi connectivity index (χ3n) is 2.72. The Morgan fingerprint density at radius 1 is 1.25 bits per heavy atom. The number of aromatic nitrogens is 4. The van der Waals surface area contributed by atoms with Gasteiger partial charge >= 0.3 is 0 Å². The highest BCUT2D eigenvalue weighted by molar-refractivity contribution is 9.10. The minimum atomic E-state index is 0.404. The first kappa shape index (κ1) is 13.3. The molecule has 7 heteroatoms. The van der Waals surface area contributed by atoms with Crippen LogP contribution >= 0.6 is 27.5 Å². The summed E-state index contributed by atoms with van der Waals surface area (Å²) in [6.45, 7) is 0. The summed E-state index contributed by atoms with van der Waals surface area (Å²) in [5, 5.41) is 13.0. The first-order valence-electron chi connectivity index (χ1n) is 5.88. The van der Waals surface area contributed by atoms with Crippen molar-refractivity contribution in [1.29, 1.82) is 0 Å². The molecule has 2 aromatic heterocycles. The van der Waals surface area contributed by atoms with Gasteiger partial charge < -0.3 is 4.42 Å². The van der Waals surface area contributed by atoms with E-state index in [4.69, 9.17) is 16.0 Å². The third-order valence-corrected chi connectivity index (χ3v) is 3.55. The number of rotatable bonds is 3. The van der Waals surface area contributed by atoms with E-state index in [1.165, 1.54) is 0 Å². The van der Waals surface area contributed by atoms with Crippen LogP contribution in [0.2, 0.25) is 5.02 Å². The quantitative estimate of drug-likeness (QED) is 0.723. The Bertz CT molecular complexity index is 735. The van der Waals surface area contributed by atoms with Crippen molar-refractivity contribution >= 4 is 27.5 Å². The molecule has 3 aromatic rings. The molecule has 0 aliphatic carbocycles. The highest BCUT2D eigenvalue weighted by Gasteiger charge is 2.15. The number of hydrogen-bond donors (Lipinski definition) is 0. The van der Waals surface area contributed by atoms with Crippen molar-refractivity contribution in [2.24, 2.45) is 7.05 Å². The van der Waals surface area contributed by atoms with Crippen molar-refractivity contribution in [1.82, 2.24) is 20.0 Å². The summed E-state index contributed by atoms with van der Waals surface area (Å²) in [4.78, 5) is 0. The van der Waals surface area contributed by atoms with Crippen LogP contribution in [0.1, 0.15) is 11.5 Å². The van der Waals surface area contributed by atoms with Gasteiger partial charge in [-0.3, -0.25) is 4.68 Å². The zero-order chi connectivity index (χ0) is 14.1. The molecule has 0 fully saturated rings. The van der Waals surface area contributed by atoms with Crippen molar-refractivity contribution in [3.8, 4) is 11.6 Å². The fourth-order valence-electron chi connectivity index (χ4n) is 1.80. The van der Waals surface area contributed by atoms with E-state index in [0.29, 0.717) is 28.9 Å². The average molecular weight is 354 g/mol. The van der Waals surface area contributed by atoms with Crippen LogP contribution in [-0.2, 0) is 13.5 Å². The van der Waals surface area contributed by atoms with Gasteiger partial charge in [-0.05, 0) is 33.6 Å². The summed E-state index contributed by atoms with van der Waals surface area (Å²) in [6.07, 6.45) is 2.40. The van der Waals surface area contributed by atoms with Crippen LogP contribution in [0.4, 0.5) is 0 Å². The normalized spacial score (nSPS) is 10.9. The zero-order valence-electron chi connectivity index (χ0n) is 10.5. The number of halogens is 2. The Balaban J connectivity index is 1.83. The summed E-state index contributed by atoms with van der Waals surface area (Å²) >= 11 is 9.26. The van der Waals surface area contributed by atoms with E-state index in [9.17, 15) is 0 Å². The minimum absolute atomic E-state index is 0.404. The molecule has 5 nitrogen and oxygen atoms in total. The van der Waals surface area contributed by atoms with Crippen molar-refractivity contribution in [3.63, 3.8) is 0 Å². The van der Waals surface area contributed by atoms with Crippen LogP contribution in [-0.4, -0.2) is 20.0 Å². The lowest BCUT2D eigenvalue weighted by atomic mass is 10.1. The van der Waals surface area contributed by atoms with E-state index in [1.807, 2.05) is 37.5 Å². The monoisotopic (exact) mass is 352 g/mol. The molecular formula is C13H10BrClN4O. The molecule has 0 unspecified atom stereocenters. The van der Waals surface area contributed by atoms with Gasteiger partial charge in [-0.15, -0.1) is 10.2 Å². The van der Waals surface area contributed by atoms with Crippen LogP contribution in [0.5, 0.6) is 0 Å². The average Bonchev–Trinajstić information content (AvgIpc) is 2.99. The van der Waals surface area contributed by atoms with E-state index < -0.39 is 0 Å². The largest absolute Gasteiger partial charge is 0.419 e. The summed E-state index contributed by atoms with van der Waals surface area (Å²) < 4.78 is 8.14. The summed E-state index contributed by atoms with van der Waals surface area (Å²) in [5.74, 6) is 0.946. The maximum absolute atomic E-state index is 5.85. The van der Waals surface area contributed by atoms with Gasteiger partial charge in [0.05, 0.1) is 10.9 Å². The van der Waals surface area contributed by atoms with Crippen LogP contribution in [0.3, 0.4) is 0 Å². The fourth-order valence-corrected chi connectivity index (χ4v) is 2.47. The minimum Gasteiger partial charge on any atom is -0.419 e. The Morgan fingerprint density at radius 2 is 2.00 bits per heavy atom. The van der Waals surface area contributed by atoms with Gasteiger partial charge in [0.25, 0.3) is 5.89 Å². The van der Waals surface area contributed by atoms with E-state index in [1.54, 1.807) is 4.68 Å². The molecule has 1 aromatic carbocycles. The molecule has 0 atom stereocenters. The molecule has 0 N–H and O–H groups in total. The molecule has 0 aliphatic rings. The fraction of sp³-hybridized carbons (Fsp3) is 0.154. The maximum atomic E-state index is 5.85. The van der Waals surface area contributed by atoms with Gasteiger partial charge in [0.1, 0.15) is 0 Å². The summed E-state index contributed by atoms with van der Waals surface area (Å²) in [5.41, 5.74) is 1.70.